The lowest BCUT2D eigenvalue weighted by Gasteiger charge is -2.28. The first-order chi connectivity index (χ1) is 12.4. The standard InChI is InChI=1S/C19H26N2O3S2/c1-6-23-12-19(2,3)21-17(22)18(26-5)24-14-7-8-16-13(9-14)10-15(25-4)11-20-16/h7-11,18H,6,12H2,1-5H3,(H,21,22). The summed E-state index contributed by atoms with van der Waals surface area (Å²) < 4.78 is 11.4. The summed E-state index contributed by atoms with van der Waals surface area (Å²) in [5.41, 5.74) is -0.187. The number of aromatic nitrogens is 1. The first kappa shape index (κ1) is 20.9. The molecule has 0 spiro atoms. The second-order valence-electron chi connectivity index (χ2n) is 6.43. The van der Waals surface area contributed by atoms with E-state index in [1.807, 2.05) is 57.7 Å². The van der Waals surface area contributed by atoms with E-state index in [2.05, 4.69) is 16.4 Å². The van der Waals surface area contributed by atoms with Crippen LogP contribution in [0.3, 0.4) is 0 Å². The maximum absolute atomic E-state index is 12.6. The van der Waals surface area contributed by atoms with Crippen LogP contribution in [0, 0.1) is 0 Å². The van der Waals surface area contributed by atoms with Gasteiger partial charge < -0.3 is 14.8 Å². The van der Waals surface area contributed by atoms with E-state index in [1.165, 1.54) is 11.8 Å². The van der Waals surface area contributed by atoms with Gasteiger partial charge in [-0.15, -0.1) is 23.5 Å². The maximum Gasteiger partial charge on any atom is 0.272 e. The Balaban J connectivity index is 2.11. The molecule has 7 heteroatoms. The van der Waals surface area contributed by atoms with Gasteiger partial charge in [-0.05, 0) is 57.5 Å². The van der Waals surface area contributed by atoms with Crippen molar-refractivity contribution >= 4 is 40.3 Å². The number of ether oxygens (including phenoxy) is 2. The first-order valence-electron chi connectivity index (χ1n) is 8.41. The predicted molar refractivity (Wildman–Crippen MR) is 110 cm³/mol. The predicted octanol–water partition coefficient (Wildman–Crippen LogP) is 3.96. The summed E-state index contributed by atoms with van der Waals surface area (Å²) in [7, 11) is 0. The molecule has 0 radical (unpaired) electrons. The molecule has 1 atom stereocenters. The van der Waals surface area contributed by atoms with Crippen LogP contribution in [0.15, 0.2) is 35.4 Å². The van der Waals surface area contributed by atoms with E-state index in [4.69, 9.17) is 9.47 Å². The highest BCUT2D eigenvalue weighted by molar-refractivity contribution is 7.99. The smallest absolute Gasteiger partial charge is 0.272 e. The van der Waals surface area contributed by atoms with Gasteiger partial charge in [0, 0.05) is 23.1 Å². The van der Waals surface area contributed by atoms with E-state index in [9.17, 15) is 4.79 Å². The van der Waals surface area contributed by atoms with Gasteiger partial charge in [0.15, 0.2) is 0 Å². The highest BCUT2D eigenvalue weighted by atomic mass is 32.2. The Morgan fingerprint density at radius 2 is 2.08 bits per heavy atom. The molecule has 142 valence electrons. The van der Waals surface area contributed by atoms with Crippen molar-refractivity contribution in [1.29, 1.82) is 0 Å². The zero-order chi connectivity index (χ0) is 19.2. The third-order valence-electron chi connectivity index (χ3n) is 3.66. The number of carbonyl (C=O) groups is 1. The van der Waals surface area contributed by atoms with Gasteiger partial charge in [0.05, 0.1) is 17.7 Å². The summed E-state index contributed by atoms with van der Waals surface area (Å²) in [4.78, 5) is 18.1. The zero-order valence-electron chi connectivity index (χ0n) is 15.9. The molecular weight excluding hydrogens is 368 g/mol. The average molecular weight is 395 g/mol. The Labute approximate surface area is 163 Å². The van der Waals surface area contributed by atoms with E-state index in [-0.39, 0.29) is 5.91 Å². The summed E-state index contributed by atoms with van der Waals surface area (Å²) in [6.45, 7) is 6.87. The van der Waals surface area contributed by atoms with Gasteiger partial charge in [0.1, 0.15) is 5.75 Å². The van der Waals surface area contributed by atoms with E-state index in [0.29, 0.717) is 19.0 Å². The maximum atomic E-state index is 12.6. The summed E-state index contributed by atoms with van der Waals surface area (Å²) in [6.07, 6.45) is 5.72. The van der Waals surface area contributed by atoms with Crippen molar-refractivity contribution in [2.24, 2.45) is 0 Å². The van der Waals surface area contributed by atoms with Crippen molar-refractivity contribution in [2.45, 2.75) is 36.6 Å². The molecule has 0 saturated heterocycles. The number of thioether (sulfide) groups is 2. The van der Waals surface area contributed by atoms with Gasteiger partial charge >= 0.3 is 0 Å². The van der Waals surface area contributed by atoms with Gasteiger partial charge in [-0.2, -0.15) is 0 Å². The largest absolute Gasteiger partial charge is 0.470 e. The molecule has 2 aromatic rings. The highest BCUT2D eigenvalue weighted by Crippen LogP contribution is 2.25. The minimum absolute atomic E-state index is 0.168. The third-order valence-corrected chi connectivity index (χ3v) is 5.10. The summed E-state index contributed by atoms with van der Waals surface area (Å²) in [6, 6.07) is 7.74. The van der Waals surface area contributed by atoms with Gasteiger partial charge in [0.25, 0.3) is 5.91 Å². The number of fused-ring (bicyclic) bond motifs is 1. The van der Waals surface area contributed by atoms with E-state index >= 15 is 0 Å². The van der Waals surface area contributed by atoms with E-state index < -0.39 is 11.0 Å². The van der Waals surface area contributed by atoms with Gasteiger partial charge in [0.2, 0.25) is 5.44 Å². The van der Waals surface area contributed by atoms with Crippen LogP contribution in [0.1, 0.15) is 20.8 Å². The summed E-state index contributed by atoms with van der Waals surface area (Å²) in [5.74, 6) is 0.480. The van der Waals surface area contributed by atoms with Crippen molar-refractivity contribution in [1.82, 2.24) is 10.3 Å². The van der Waals surface area contributed by atoms with Crippen LogP contribution in [0.2, 0.25) is 0 Å². The van der Waals surface area contributed by atoms with Crippen LogP contribution in [0.4, 0.5) is 0 Å². The van der Waals surface area contributed by atoms with Crippen molar-refractivity contribution in [3.63, 3.8) is 0 Å². The number of nitrogens with one attached hydrogen (secondary N) is 1. The van der Waals surface area contributed by atoms with Gasteiger partial charge in [-0.1, -0.05) is 0 Å². The Bertz CT molecular complexity index is 753. The molecule has 1 aromatic carbocycles. The molecular formula is C19H26N2O3S2. The fourth-order valence-corrected chi connectivity index (χ4v) is 3.28. The number of hydrogen-bond acceptors (Lipinski definition) is 6. The van der Waals surface area contributed by atoms with Crippen LogP contribution in [-0.2, 0) is 9.53 Å². The van der Waals surface area contributed by atoms with Crippen LogP contribution < -0.4 is 10.1 Å². The fourth-order valence-electron chi connectivity index (χ4n) is 2.39. The Morgan fingerprint density at radius 1 is 1.31 bits per heavy atom. The van der Waals surface area contributed by atoms with E-state index in [1.54, 1.807) is 11.8 Å². The van der Waals surface area contributed by atoms with Crippen molar-refractivity contribution < 1.29 is 14.3 Å². The molecule has 1 aromatic heterocycles. The van der Waals surface area contributed by atoms with Gasteiger partial charge in [-0.25, -0.2) is 0 Å². The van der Waals surface area contributed by atoms with Crippen LogP contribution >= 0.6 is 23.5 Å². The number of benzene rings is 1. The number of rotatable bonds is 9. The Morgan fingerprint density at radius 3 is 2.73 bits per heavy atom. The molecule has 0 aliphatic rings. The third kappa shape index (κ3) is 5.79. The zero-order valence-corrected chi connectivity index (χ0v) is 17.5. The number of amides is 1. The van der Waals surface area contributed by atoms with Gasteiger partial charge in [-0.3, -0.25) is 9.78 Å². The molecule has 1 amide bonds. The monoisotopic (exact) mass is 394 g/mol. The topological polar surface area (TPSA) is 60.5 Å². The highest BCUT2D eigenvalue weighted by Gasteiger charge is 2.27. The molecule has 1 heterocycles. The molecule has 1 unspecified atom stereocenters. The molecule has 0 aliphatic carbocycles. The SMILES string of the molecule is CCOCC(C)(C)NC(=O)C(Oc1ccc2ncc(SC)cc2c1)SC. The molecule has 0 bridgehead atoms. The summed E-state index contributed by atoms with van der Waals surface area (Å²) in [5, 5.41) is 3.98. The average Bonchev–Trinajstić information content (AvgIpc) is 2.63. The Kier molecular flexibility index (Phi) is 7.61. The van der Waals surface area contributed by atoms with Crippen LogP contribution in [0.25, 0.3) is 10.9 Å². The number of nitrogens with zero attached hydrogens (tertiary/aromatic N) is 1. The normalized spacial score (nSPS) is 12.8. The number of pyridine rings is 1. The van der Waals surface area contributed by atoms with E-state index in [0.717, 1.165) is 15.8 Å². The van der Waals surface area contributed by atoms with Crippen LogP contribution in [0.5, 0.6) is 5.75 Å². The minimum atomic E-state index is -0.634. The lowest BCUT2D eigenvalue weighted by Crippen LogP contribution is -2.51. The lowest BCUT2D eigenvalue weighted by molar-refractivity contribution is -0.126. The second kappa shape index (κ2) is 9.48. The fraction of sp³-hybridized carbons (Fsp3) is 0.474. The van der Waals surface area contributed by atoms with Crippen molar-refractivity contribution in [2.75, 3.05) is 25.7 Å². The molecule has 2 rings (SSSR count). The minimum Gasteiger partial charge on any atom is -0.470 e. The van der Waals surface area contributed by atoms with Crippen molar-refractivity contribution in [3.8, 4) is 5.75 Å². The molecule has 0 aliphatic heterocycles. The molecule has 1 N–H and O–H groups in total. The lowest BCUT2D eigenvalue weighted by atomic mass is 10.1. The number of hydrogen-bond donors (Lipinski definition) is 1. The summed E-state index contributed by atoms with van der Waals surface area (Å²) >= 11 is 3.00. The quantitative estimate of drug-likeness (QED) is 0.513. The number of carbonyl (C=O) groups excluding carboxylic acids is 1. The molecule has 0 fully saturated rings. The molecule has 0 saturated carbocycles. The molecule has 26 heavy (non-hydrogen) atoms. The van der Waals surface area contributed by atoms with Crippen LogP contribution in [-0.4, -0.2) is 47.6 Å². The first-order valence-corrected chi connectivity index (χ1v) is 10.9. The van der Waals surface area contributed by atoms with Crippen molar-refractivity contribution in [3.05, 3.63) is 30.5 Å². The molecule has 5 nitrogen and oxygen atoms in total. The second-order valence-corrected chi connectivity index (χ2v) is 8.20. The Hall–Kier alpha value is -1.44.